The number of amides is 1. The number of hydrogen-bond donors (Lipinski definition) is 1. The lowest BCUT2D eigenvalue weighted by Gasteiger charge is -2.32. The van der Waals surface area contributed by atoms with Gasteiger partial charge in [0.25, 0.3) is 0 Å². The topological polar surface area (TPSA) is 44.8 Å². The van der Waals surface area contributed by atoms with E-state index in [0.717, 1.165) is 65.3 Å². The number of morpholine rings is 1. The predicted molar refractivity (Wildman–Crippen MR) is 101 cm³/mol. The summed E-state index contributed by atoms with van der Waals surface area (Å²) in [5, 5.41) is 3.47. The fourth-order valence-corrected chi connectivity index (χ4v) is 4.14. The van der Waals surface area contributed by atoms with Crippen LogP contribution in [0.4, 0.5) is 0 Å². The molecule has 0 aromatic rings. The first kappa shape index (κ1) is 22.0. The van der Waals surface area contributed by atoms with E-state index in [1.807, 2.05) is 0 Å². The van der Waals surface area contributed by atoms with Crippen LogP contribution in [0.5, 0.6) is 0 Å². The van der Waals surface area contributed by atoms with Crippen LogP contribution in [0.25, 0.3) is 0 Å². The van der Waals surface area contributed by atoms with Crippen molar-refractivity contribution in [3.05, 3.63) is 0 Å². The standard InChI is InChI=1S/C17H31N3O2.2ClH/c1-14(15-3-2-5-18-12-15)11-17(21)20-6-4-16(13-20)19-7-9-22-10-8-19;;/h14-16,18H,2-13H2,1H3;2*1H. The molecule has 3 fully saturated rings. The van der Waals surface area contributed by atoms with E-state index in [4.69, 9.17) is 4.74 Å². The van der Waals surface area contributed by atoms with Crippen LogP contribution >= 0.6 is 24.8 Å². The molecule has 1 amide bonds. The maximum atomic E-state index is 12.6. The minimum Gasteiger partial charge on any atom is -0.379 e. The number of nitrogens with zero attached hydrogens (tertiary/aromatic N) is 2. The second-order valence-electron chi connectivity index (χ2n) is 7.22. The molecule has 5 nitrogen and oxygen atoms in total. The zero-order chi connectivity index (χ0) is 15.4. The van der Waals surface area contributed by atoms with Gasteiger partial charge in [0, 0.05) is 38.6 Å². The number of halogens is 2. The third-order valence-electron chi connectivity index (χ3n) is 5.71. The SMILES string of the molecule is CC(CC(=O)N1CCC(N2CCOCC2)C1)C1CCCNC1.Cl.Cl. The van der Waals surface area contributed by atoms with Gasteiger partial charge in [0.05, 0.1) is 13.2 Å². The van der Waals surface area contributed by atoms with Crippen molar-refractivity contribution in [3.63, 3.8) is 0 Å². The molecule has 3 heterocycles. The molecule has 24 heavy (non-hydrogen) atoms. The Morgan fingerprint density at radius 3 is 2.62 bits per heavy atom. The van der Waals surface area contributed by atoms with E-state index < -0.39 is 0 Å². The number of likely N-dealkylation sites (tertiary alicyclic amines) is 1. The van der Waals surface area contributed by atoms with E-state index in [9.17, 15) is 4.79 Å². The monoisotopic (exact) mass is 381 g/mol. The lowest BCUT2D eigenvalue weighted by molar-refractivity contribution is -0.131. The van der Waals surface area contributed by atoms with Crippen molar-refractivity contribution in [2.24, 2.45) is 11.8 Å². The molecule has 3 atom stereocenters. The Kier molecular flexibility index (Phi) is 9.90. The molecule has 0 aromatic carbocycles. The minimum atomic E-state index is 0. The van der Waals surface area contributed by atoms with Crippen LogP contribution in [-0.2, 0) is 9.53 Å². The van der Waals surface area contributed by atoms with Crippen molar-refractivity contribution in [1.29, 1.82) is 0 Å². The summed E-state index contributed by atoms with van der Waals surface area (Å²) >= 11 is 0. The van der Waals surface area contributed by atoms with Crippen LogP contribution in [0.3, 0.4) is 0 Å². The first-order valence-corrected chi connectivity index (χ1v) is 9.04. The van der Waals surface area contributed by atoms with Crippen molar-refractivity contribution in [1.82, 2.24) is 15.1 Å². The van der Waals surface area contributed by atoms with E-state index in [2.05, 4.69) is 22.0 Å². The quantitative estimate of drug-likeness (QED) is 0.805. The van der Waals surface area contributed by atoms with E-state index >= 15 is 0 Å². The van der Waals surface area contributed by atoms with Crippen LogP contribution in [0, 0.1) is 11.8 Å². The summed E-state index contributed by atoms with van der Waals surface area (Å²) in [4.78, 5) is 17.2. The highest BCUT2D eigenvalue weighted by molar-refractivity contribution is 5.85. The molecule has 0 aromatic heterocycles. The Morgan fingerprint density at radius 2 is 1.96 bits per heavy atom. The van der Waals surface area contributed by atoms with Gasteiger partial charge in [-0.15, -0.1) is 24.8 Å². The first-order chi connectivity index (χ1) is 10.7. The van der Waals surface area contributed by atoms with Gasteiger partial charge in [0.15, 0.2) is 0 Å². The van der Waals surface area contributed by atoms with Crippen molar-refractivity contribution < 1.29 is 9.53 Å². The van der Waals surface area contributed by atoms with Crippen molar-refractivity contribution in [2.45, 2.75) is 38.6 Å². The average Bonchev–Trinajstić information content (AvgIpc) is 3.06. The van der Waals surface area contributed by atoms with Gasteiger partial charge in [-0.05, 0) is 44.2 Å². The maximum absolute atomic E-state index is 12.6. The summed E-state index contributed by atoms with van der Waals surface area (Å²) < 4.78 is 5.43. The highest BCUT2D eigenvalue weighted by Gasteiger charge is 2.32. The molecule has 142 valence electrons. The van der Waals surface area contributed by atoms with E-state index in [1.54, 1.807) is 0 Å². The van der Waals surface area contributed by atoms with Crippen molar-refractivity contribution in [2.75, 3.05) is 52.5 Å². The van der Waals surface area contributed by atoms with Gasteiger partial charge in [-0.1, -0.05) is 6.92 Å². The molecular formula is C17H33Cl2N3O2. The smallest absolute Gasteiger partial charge is 0.222 e. The number of piperidine rings is 1. The molecule has 1 N–H and O–H groups in total. The molecule has 0 spiro atoms. The second kappa shape index (κ2) is 10.8. The third kappa shape index (κ3) is 5.73. The number of carbonyl (C=O) groups is 1. The summed E-state index contributed by atoms with van der Waals surface area (Å²) in [6.07, 6.45) is 4.39. The Hall–Kier alpha value is -0.0700. The second-order valence-corrected chi connectivity index (χ2v) is 7.22. The zero-order valence-corrected chi connectivity index (χ0v) is 16.4. The van der Waals surface area contributed by atoms with Gasteiger partial charge >= 0.3 is 0 Å². The largest absolute Gasteiger partial charge is 0.379 e. The minimum absolute atomic E-state index is 0. The Bertz CT molecular complexity index is 375. The average molecular weight is 382 g/mol. The summed E-state index contributed by atoms with van der Waals surface area (Å²) in [6, 6.07) is 0.555. The molecule has 3 rings (SSSR count). The molecule has 0 saturated carbocycles. The van der Waals surface area contributed by atoms with Crippen LogP contribution in [0.2, 0.25) is 0 Å². The van der Waals surface area contributed by atoms with Gasteiger partial charge < -0.3 is 15.0 Å². The molecule has 3 aliphatic heterocycles. The molecule has 3 aliphatic rings. The van der Waals surface area contributed by atoms with Gasteiger partial charge in [0.1, 0.15) is 0 Å². The number of ether oxygens (including phenoxy) is 1. The Labute approximate surface area is 158 Å². The molecule has 3 saturated heterocycles. The Balaban J connectivity index is 0.00000144. The molecular weight excluding hydrogens is 349 g/mol. The van der Waals surface area contributed by atoms with Crippen LogP contribution in [0.15, 0.2) is 0 Å². The van der Waals surface area contributed by atoms with Crippen molar-refractivity contribution >= 4 is 30.7 Å². The number of hydrogen-bond acceptors (Lipinski definition) is 4. The van der Waals surface area contributed by atoms with E-state index in [-0.39, 0.29) is 24.8 Å². The van der Waals surface area contributed by atoms with E-state index in [0.29, 0.717) is 23.8 Å². The van der Waals surface area contributed by atoms with Crippen LogP contribution in [-0.4, -0.2) is 74.2 Å². The highest BCUT2D eigenvalue weighted by Crippen LogP contribution is 2.25. The van der Waals surface area contributed by atoms with Gasteiger partial charge in [-0.25, -0.2) is 0 Å². The zero-order valence-electron chi connectivity index (χ0n) is 14.7. The van der Waals surface area contributed by atoms with Crippen LogP contribution < -0.4 is 5.32 Å². The number of carbonyl (C=O) groups excluding carboxylic acids is 1. The predicted octanol–water partition coefficient (Wildman–Crippen LogP) is 1.79. The van der Waals surface area contributed by atoms with Gasteiger partial charge in [-0.2, -0.15) is 0 Å². The number of rotatable bonds is 4. The first-order valence-electron chi connectivity index (χ1n) is 9.04. The summed E-state index contributed by atoms with van der Waals surface area (Å²) in [5.41, 5.74) is 0. The molecule has 3 unspecified atom stereocenters. The summed E-state index contributed by atoms with van der Waals surface area (Å²) in [5.74, 6) is 1.55. The summed E-state index contributed by atoms with van der Waals surface area (Å²) in [6.45, 7) is 10.1. The highest BCUT2D eigenvalue weighted by atomic mass is 35.5. The molecule has 0 radical (unpaired) electrons. The third-order valence-corrected chi connectivity index (χ3v) is 5.71. The normalized spacial score (nSPS) is 29.5. The van der Waals surface area contributed by atoms with Crippen molar-refractivity contribution in [3.8, 4) is 0 Å². The van der Waals surface area contributed by atoms with Gasteiger partial charge in [-0.3, -0.25) is 9.69 Å². The molecule has 0 aliphatic carbocycles. The Morgan fingerprint density at radius 1 is 1.21 bits per heavy atom. The fourth-order valence-electron chi connectivity index (χ4n) is 4.14. The maximum Gasteiger partial charge on any atom is 0.222 e. The van der Waals surface area contributed by atoms with Gasteiger partial charge in [0.2, 0.25) is 5.91 Å². The number of nitrogens with one attached hydrogen (secondary N) is 1. The lowest BCUT2D eigenvalue weighted by Crippen LogP contribution is -2.45. The molecule has 7 heteroatoms. The lowest BCUT2D eigenvalue weighted by atomic mass is 9.85. The van der Waals surface area contributed by atoms with E-state index in [1.165, 1.54) is 12.8 Å². The molecule has 0 bridgehead atoms. The summed E-state index contributed by atoms with van der Waals surface area (Å²) in [7, 11) is 0. The van der Waals surface area contributed by atoms with Crippen LogP contribution in [0.1, 0.15) is 32.6 Å². The fraction of sp³-hybridized carbons (Fsp3) is 0.941.